The van der Waals surface area contributed by atoms with Crippen molar-refractivity contribution in [1.82, 2.24) is 9.38 Å². The number of fused-ring (bicyclic) bond motifs is 3. The quantitative estimate of drug-likeness (QED) is 0.427. The Kier molecular flexibility index (Phi) is 3.97. The molecule has 0 amide bonds. The van der Waals surface area contributed by atoms with Gasteiger partial charge in [0.25, 0.3) is 0 Å². The minimum absolute atomic E-state index is 0. The van der Waals surface area contributed by atoms with E-state index in [-0.39, 0.29) is 12.4 Å². The van der Waals surface area contributed by atoms with Gasteiger partial charge in [0.05, 0.1) is 6.54 Å². The Morgan fingerprint density at radius 1 is 1.13 bits per heavy atom. The maximum absolute atomic E-state index is 3.88. The summed E-state index contributed by atoms with van der Waals surface area (Å²) < 4.78 is 4.47. The number of benzene rings is 2. The van der Waals surface area contributed by atoms with Gasteiger partial charge in [-0.2, -0.15) is 4.40 Å². The first-order chi connectivity index (χ1) is 10.8. The molecule has 2 heterocycles. The van der Waals surface area contributed by atoms with Gasteiger partial charge in [-0.1, -0.05) is 54.6 Å². The fourth-order valence-electron chi connectivity index (χ4n) is 2.99. The average Bonchev–Trinajstić information content (AvgIpc) is 3.08. The molecule has 0 saturated carbocycles. The Morgan fingerprint density at radius 2 is 1.87 bits per heavy atom. The highest BCUT2D eigenvalue weighted by Crippen LogP contribution is 2.22. The Morgan fingerprint density at radius 3 is 2.61 bits per heavy atom. The highest BCUT2D eigenvalue weighted by molar-refractivity contribution is 5.76. The third-order valence-corrected chi connectivity index (χ3v) is 4.09. The van der Waals surface area contributed by atoms with E-state index in [0.717, 1.165) is 18.0 Å². The molecule has 0 fully saturated rings. The SMILES string of the molecule is C=CC[n+]1c2ccccc2n2cc(-c3ccc(C)cc3)[nH]c21.[Cl-]. The Labute approximate surface area is 141 Å². The number of para-hydroxylation sites is 2. The third-order valence-electron chi connectivity index (χ3n) is 4.09. The summed E-state index contributed by atoms with van der Waals surface area (Å²) in [6.45, 7) is 6.77. The molecule has 2 aromatic heterocycles. The van der Waals surface area contributed by atoms with E-state index >= 15 is 0 Å². The number of H-pyrrole nitrogens is 1. The van der Waals surface area contributed by atoms with Crippen molar-refractivity contribution in [3.63, 3.8) is 0 Å². The average molecular weight is 324 g/mol. The number of aryl methyl sites for hydroxylation is 1. The number of nitrogens with one attached hydrogen (secondary N) is 1. The van der Waals surface area contributed by atoms with Gasteiger partial charge in [0.1, 0.15) is 22.9 Å². The van der Waals surface area contributed by atoms with Crippen molar-refractivity contribution in [2.24, 2.45) is 0 Å². The fourth-order valence-corrected chi connectivity index (χ4v) is 2.99. The number of halogens is 1. The molecule has 4 heteroatoms. The largest absolute Gasteiger partial charge is 1.00 e. The van der Waals surface area contributed by atoms with Crippen molar-refractivity contribution in [2.75, 3.05) is 0 Å². The molecule has 0 aliphatic carbocycles. The van der Waals surface area contributed by atoms with E-state index in [1.807, 2.05) is 6.08 Å². The number of nitrogens with zero attached hydrogens (tertiary/aromatic N) is 2. The summed E-state index contributed by atoms with van der Waals surface area (Å²) in [6, 6.07) is 17.0. The van der Waals surface area contributed by atoms with E-state index in [1.54, 1.807) is 0 Å². The lowest BCUT2D eigenvalue weighted by atomic mass is 10.1. The van der Waals surface area contributed by atoms with E-state index in [9.17, 15) is 0 Å². The molecular formula is C19H18ClN3. The van der Waals surface area contributed by atoms with Crippen LogP contribution in [0.2, 0.25) is 0 Å². The number of hydrogen-bond donors (Lipinski definition) is 1. The Bertz CT molecular complexity index is 977. The lowest BCUT2D eigenvalue weighted by molar-refractivity contribution is -0.636. The maximum atomic E-state index is 3.88. The molecular weight excluding hydrogens is 306 g/mol. The van der Waals surface area contributed by atoms with E-state index in [0.29, 0.717) is 0 Å². The topological polar surface area (TPSA) is 24.1 Å². The molecule has 4 rings (SSSR count). The maximum Gasteiger partial charge on any atom is 0.368 e. The van der Waals surface area contributed by atoms with Crippen LogP contribution in [-0.2, 0) is 6.54 Å². The fraction of sp³-hybridized carbons (Fsp3) is 0.105. The van der Waals surface area contributed by atoms with Gasteiger partial charge in [-0.25, -0.2) is 9.55 Å². The van der Waals surface area contributed by atoms with Gasteiger partial charge in [0, 0.05) is 5.56 Å². The predicted octanol–water partition coefficient (Wildman–Crippen LogP) is 0.874. The molecule has 3 nitrogen and oxygen atoms in total. The van der Waals surface area contributed by atoms with Gasteiger partial charge >= 0.3 is 5.78 Å². The standard InChI is InChI=1S/C19H17N3.ClH/c1-3-12-21-17-6-4-5-7-18(17)22-13-16(20-19(21)22)15-10-8-14(2)9-11-15;/h3-11,13H,1,12H2,2H3;1H. The third kappa shape index (κ3) is 2.43. The highest BCUT2D eigenvalue weighted by atomic mass is 35.5. The molecule has 0 radical (unpaired) electrons. The molecule has 23 heavy (non-hydrogen) atoms. The summed E-state index contributed by atoms with van der Waals surface area (Å²) in [4.78, 5) is 3.55. The van der Waals surface area contributed by atoms with Crippen LogP contribution in [0.15, 0.2) is 67.4 Å². The monoisotopic (exact) mass is 323 g/mol. The molecule has 0 bridgehead atoms. The molecule has 4 aromatic rings. The van der Waals surface area contributed by atoms with Crippen molar-refractivity contribution in [3.8, 4) is 11.3 Å². The van der Waals surface area contributed by atoms with Gasteiger partial charge in [0.15, 0.2) is 0 Å². The molecule has 0 aliphatic heterocycles. The van der Waals surface area contributed by atoms with Crippen LogP contribution >= 0.6 is 0 Å². The predicted molar refractivity (Wildman–Crippen MR) is 89.8 cm³/mol. The zero-order valence-corrected chi connectivity index (χ0v) is 13.7. The van der Waals surface area contributed by atoms with Crippen molar-refractivity contribution in [3.05, 3.63) is 72.9 Å². The molecule has 0 saturated heterocycles. The van der Waals surface area contributed by atoms with Crippen LogP contribution in [0, 0.1) is 6.92 Å². The molecule has 0 spiro atoms. The summed E-state index contributed by atoms with van der Waals surface area (Å²) in [7, 11) is 0. The van der Waals surface area contributed by atoms with Crippen LogP contribution in [0.1, 0.15) is 5.56 Å². The Balaban J connectivity index is 0.00000156. The number of rotatable bonds is 3. The van der Waals surface area contributed by atoms with Gasteiger partial charge < -0.3 is 12.4 Å². The highest BCUT2D eigenvalue weighted by Gasteiger charge is 2.20. The van der Waals surface area contributed by atoms with E-state index < -0.39 is 0 Å². The molecule has 0 atom stereocenters. The first-order valence-corrected chi connectivity index (χ1v) is 7.47. The second-order valence-electron chi connectivity index (χ2n) is 5.62. The lowest BCUT2D eigenvalue weighted by Gasteiger charge is -1.96. The number of imidazole rings is 2. The van der Waals surface area contributed by atoms with Crippen molar-refractivity contribution >= 4 is 16.8 Å². The number of aromatic nitrogens is 3. The molecule has 0 unspecified atom stereocenters. The molecule has 0 aliphatic rings. The van der Waals surface area contributed by atoms with Crippen LogP contribution in [-0.4, -0.2) is 9.38 Å². The second-order valence-corrected chi connectivity index (χ2v) is 5.62. The second kappa shape index (κ2) is 5.94. The first-order valence-electron chi connectivity index (χ1n) is 7.47. The number of aromatic amines is 1. The normalized spacial score (nSPS) is 10.8. The first kappa shape index (κ1) is 15.4. The van der Waals surface area contributed by atoms with E-state index in [2.05, 4.69) is 82.2 Å². The summed E-state index contributed by atoms with van der Waals surface area (Å²) >= 11 is 0. The minimum Gasteiger partial charge on any atom is -1.00 e. The molecule has 2 aromatic carbocycles. The summed E-state index contributed by atoms with van der Waals surface area (Å²) in [6.07, 6.45) is 4.10. The van der Waals surface area contributed by atoms with Crippen LogP contribution in [0.5, 0.6) is 0 Å². The molecule has 1 N–H and O–H groups in total. The van der Waals surface area contributed by atoms with Gasteiger partial charge in [-0.3, -0.25) is 0 Å². The van der Waals surface area contributed by atoms with Gasteiger partial charge in [0.2, 0.25) is 0 Å². The molecule has 116 valence electrons. The zero-order valence-electron chi connectivity index (χ0n) is 13.0. The zero-order chi connectivity index (χ0) is 15.1. The van der Waals surface area contributed by atoms with Crippen LogP contribution < -0.4 is 17.0 Å². The minimum atomic E-state index is 0. The van der Waals surface area contributed by atoms with Gasteiger partial charge in [-0.15, -0.1) is 0 Å². The van der Waals surface area contributed by atoms with Crippen molar-refractivity contribution in [2.45, 2.75) is 13.5 Å². The summed E-state index contributed by atoms with van der Waals surface area (Å²) in [5.74, 6) is 1.08. The van der Waals surface area contributed by atoms with Gasteiger partial charge in [-0.05, 0) is 19.1 Å². The summed E-state index contributed by atoms with van der Waals surface area (Å²) in [5.41, 5.74) is 6.01. The van der Waals surface area contributed by atoms with Crippen molar-refractivity contribution in [1.29, 1.82) is 0 Å². The smallest absolute Gasteiger partial charge is 0.368 e. The van der Waals surface area contributed by atoms with Crippen molar-refractivity contribution < 1.29 is 17.0 Å². The number of hydrogen-bond acceptors (Lipinski definition) is 0. The lowest BCUT2D eigenvalue weighted by Crippen LogP contribution is -3.00. The van der Waals surface area contributed by atoms with Crippen LogP contribution in [0.4, 0.5) is 0 Å². The Hall–Kier alpha value is -2.52. The van der Waals surface area contributed by atoms with Crippen LogP contribution in [0.25, 0.3) is 28.1 Å². The van der Waals surface area contributed by atoms with Crippen LogP contribution in [0.3, 0.4) is 0 Å². The summed E-state index contributed by atoms with van der Waals surface area (Å²) in [5, 5.41) is 0. The number of allylic oxidation sites excluding steroid dienone is 1. The van der Waals surface area contributed by atoms with E-state index in [4.69, 9.17) is 0 Å². The van der Waals surface area contributed by atoms with E-state index in [1.165, 1.54) is 22.2 Å².